The van der Waals surface area contributed by atoms with E-state index >= 15 is 0 Å². The van der Waals surface area contributed by atoms with Crippen LogP contribution in [0.4, 0.5) is 0 Å². The lowest BCUT2D eigenvalue weighted by molar-refractivity contribution is 0.242. The average molecular weight is 311 g/mol. The fourth-order valence-electron chi connectivity index (χ4n) is 1.58. The zero-order chi connectivity index (χ0) is 14.7. The molecule has 0 bridgehead atoms. The third kappa shape index (κ3) is 3.46. The van der Waals surface area contributed by atoms with Crippen LogP contribution < -0.4 is 4.74 Å². The van der Waals surface area contributed by atoms with Gasteiger partial charge in [-0.2, -0.15) is 14.9 Å². The van der Waals surface area contributed by atoms with E-state index < -0.39 is 0 Å². The smallest absolute Gasteiger partial charge is 0.216 e. The first-order valence-corrected chi connectivity index (χ1v) is 6.90. The van der Waals surface area contributed by atoms with Gasteiger partial charge in [0.1, 0.15) is 11.6 Å². The number of nitrogens with one attached hydrogen (secondary N) is 1. The molecule has 2 aromatic rings. The molecule has 1 aromatic carbocycles. The van der Waals surface area contributed by atoms with Gasteiger partial charge in [0.05, 0.1) is 17.3 Å². The van der Waals surface area contributed by atoms with E-state index in [1.807, 2.05) is 32.9 Å². The van der Waals surface area contributed by atoms with Crippen LogP contribution in [0.1, 0.15) is 25.2 Å². The van der Waals surface area contributed by atoms with Crippen molar-refractivity contribution in [3.8, 4) is 5.75 Å². The first-order valence-electron chi connectivity index (χ1n) is 6.12. The number of nitrogens with zero attached hydrogens (tertiary/aromatic N) is 3. The van der Waals surface area contributed by atoms with Gasteiger partial charge in [-0.15, -0.1) is 0 Å². The second kappa shape index (κ2) is 6.19. The minimum absolute atomic E-state index is 0.0823. The third-order valence-electron chi connectivity index (χ3n) is 2.45. The van der Waals surface area contributed by atoms with Crippen molar-refractivity contribution in [2.75, 3.05) is 0 Å². The van der Waals surface area contributed by atoms with Gasteiger partial charge < -0.3 is 4.74 Å². The molecule has 106 valence electrons. The molecule has 0 spiro atoms. The van der Waals surface area contributed by atoms with Gasteiger partial charge in [-0.1, -0.05) is 11.6 Å². The monoisotopic (exact) mass is 310 g/mol. The number of aromatic nitrogens is 3. The number of halogens is 1. The predicted octanol–water partition coefficient (Wildman–Crippen LogP) is 3.57. The molecule has 0 aliphatic heterocycles. The van der Waals surface area contributed by atoms with E-state index in [1.54, 1.807) is 17.0 Å². The highest BCUT2D eigenvalue weighted by Crippen LogP contribution is 2.25. The number of hydrogen-bond donors (Lipinski definition) is 1. The fraction of sp³-hybridized carbons (Fsp3) is 0.308. The van der Waals surface area contributed by atoms with Gasteiger partial charge in [-0.3, -0.25) is 5.10 Å². The minimum Gasteiger partial charge on any atom is -0.489 e. The van der Waals surface area contributed by atoms with E-state index in [2.05, 4.69) is 15.3 Å². The summed E-state index contributed by atoms with van der Waals surface area (Å²) in [6, 6.07) is 5.50. The Morgan fingerprint density at radius 3 is 2.80 bits per heavy atom. The Balaban J connectivity index is 2.23. The maximum Gasteiger partial charge on any atom is 0.216 e. The summed E-state index contributed by atoms with van der Waals surface area (Å²) in [5.74, 6) is 1.35. The highest BCUT2D eigenvalue weighted by Gasteiger charge is 2.04. The Hall–Kier alpha value is -1.66. The highest BCUT2D eigenvalue weighted by atomic mass is 35.5. The van der Waals surface area contributed by atoms with Crippen molar-refractivity contribution in [2.24, 2.45) is 5.10 Å². The normalized spacial score (nSPS) is 11.4. The van der Waals surface area contributed by atoms with Crippen molar-refractivity contribution in [3.63, 3.8) is 0 Å². The van der Waals surface area contributed by atoms with Gasteiger partial charge in [0.15, 0.2) is 0 Å². The number of hydrogen-bond acceptors (Lipinski definition) is 4. The van der Waals surface area contributed by atoms with Crippen LogP contribution in [-0.2, 0) is 0 Å². The van der Waals surface area contributed by atoms with E-state index in [1.165, 1.54) is 0 Å². The molecule has 0 fully saturated rings. The molecule has 0 aliphatic carbocycles. The first kappa shape index (κ1) is 14.7. The van der Waals surface area contributed by atoms with Crippen molar-refractivity contribution >= 4 is 30.0 Å². The summed E-state index contributed by atoms with van der Waals surface area (Å²) < 4.78 is 7.57. The number of rotatable bonds is 4. The number of benzene rings is 1. The Morgan fingerprint density at radius 1 is 1.50 bits per heavy atom. The average Bonchev–Trinajstić information content (AvgIpc) is 2.69. The number of aromatic amines is 1. The van der Waals surface area contributed by atoms with Gasteiger partial charge >= 0.3 is 0 Å². The summed E-state index contributed by atoms with van der Waals surface area (Å²) in [5, 5.41) is 11.5. The number of ether oxygens (including phenoxy) is 1. The molecule has 5 nitrogen and oxygen atoms in total. The quantitative estimate of drug-likeness (QED) is 0.694. The highest BCUT2D eigenvalue weighted by molar-refractivity contribution is 7.71. The molecule has 0 radical (unpaired) electrons. The van der Waals surface area contributed by atoms with E-state index in [-0.39, 0.29) is 6.10 Å². The Bertz CT molecular complexity index is 690. The molecule has 0 atom stereocenters. The van der Waals surface area contributed by atoms with E-state index in [0.717, 1.165) is 5.56 Å². The first-order chi connectivity index (χ1) is 9.47. The zero-order valence-electron chi connectivity index (χ0n) is 11.4. The molecule has 1 N–H and O–H groups in total. The van der Waals surface area contributed by atoms with Crippen molar-refractivity contribution in [1.82, 2.24) is 14.9 Å². The van der Waals surface area contributed by atoms with Gasteiger partial charge in [0, 0.05) is 0 Å². The van der Waals surface area contributed by atoms with Crippen LogP contribution in [0.2, 0.25) is 5.02 Å². The molecule has 1 aromatic heterocycles. The number of H-pyrrole nitrogens is 1. The van der Waals surface area contributed by atoms with Gasteiger partial charge in [0.2, 0.25) is 4.77 Å². The largest absolute Gasteiger partial charge is 0.489 e. The molecule has 7 heteroatoms. The van der Waals surface area contributed by atoms with Crippen LogP contribution in [0, 0.1) is 11.7 Å². The Labute approximate surface area is 127 Å². The Kier molecular flexibility index (Phi) is 4.57. The van der Waals surface area contributed by atoms with Crippen molar-refractivity contribution in [2.45, 2.75) is 26.9 Å². The molecule has 0 unspecified atom stereocenters. The van der Waals surface area contributed by atoms with E-state index in [4.69, 9.17) is 28.6 Å². The maximum atomic E-state index is 6.16. The van der Waals surface area contributed by atoms with Crippen molar-refractivity contribution in [3.05, 3.63) is 39.4 Å². The zero-order valence-corrected chi connectivity index (χ0v) is 13.0. The SMILES string of the molecule is Cc1n[nH]c(=S)n1/N=C\c1ccc(OC(C)C)c(Cl)c1. The van der Waals surface area contributed by atoms with Crippen LogP contribution in [0.5, 0.6) is 5.75 Å². The van der Waals surface area contributed by atoms with Crippen LogP contribution >= 0.6 is 23.8 Å². The second-order valence-electron chi connectivity index (χ2n) is 4.49. The molecule has 0 saturated heterocycles. The summed E-state index contributed by atoms with van der Waals surface area (Å²) in [5.41, 5.74) is 0.855. The predicted molar refractivity (Wildman–Crippen MR) is 82.4 cm³/mol. The fourth-order valence-corrected chi connectivity index (χ4v) is 2.04. The maximum absolute atomic E-state index is 6.16. The van der Waals surface area contributed by atoms with Crippen LogP contribution in [-0.4, -0.2) is 27.2 Å². The molecule has 20 heavy (non-hydrogen) atoms. The molecule has 0 aliphatic rings. The molecular weight excluding hydrogens is 296 g/mol. The lowest BCUT2D eigenvalue weighted by Gasteiger charge is -2.11. The van der Waals surface area contributed by atoms with E-state index in [9.17, 15) is 0 Å². The van der Waals surface area contributed by atoms with Gasteiger partial charge in [0.25, 0.3) is 0 Å². The second-order valence-corrected chi connectivity index (χ2v) is 5.28. The summed E-state index contributed by atoms with van der Waals surface area (Å²) in [4.78, 5) is 0. The topological polar surface area (TPSA) is 55.2 Å². The summed E-state index contributed by atoms with van der Waals surface area (Å²) in [6.45, 7) is 5.72. The Morgan fingerprint density at radius 2 is 2.25 bits per heavy atom. The lowest BCUT2D eigenvalue weighted by Crippen LogP contribution is -2.06. The van der Waals surface area contributed by atoms with Crippen LogP contribution in [0.3, 0.4) is 0 Å². The lowest BCUT2D eigenvalue weighted by atomic mass is 10.2. The summed E-state index contributed by atoms with van der Waals surface area (Å²) in [6.07, 6.45) is 1.75. The molecular formula is C13H15ClN4OS. The van der Waals surface area contributed by atoms with Crippen molar-refractivity contribution < 1.29 is 4.74 Å². The minimum atomic E-state index is 0.0823. The van der Waals surface area contributed by atoms with Crippen LogP contribution in [0.25, 0.3) is 0 Å². The van der Waals surface area contributed by atoms with Crippen LogP contribution in [0.15, 0.2) is 23.3 Å². The standard InChI is InChI=1S/C13H15ClN4OS/c1-8(2)19-12-5-4-10(6-11(12)14)7-15-18-9(3)16-17-13(18)20/h4-8H,1-3H3,(H,17,20)/b15-7-. The molecule has 1 heterocycles. The van der Waals surface area contributed by atoms with Gasteiger partial charge in [-0.05, 0) is 56.8 Å². The number of aryl methyl sites for hydroxylation is 1. The summed E-state index contributed by atoms with van der Waals surface area (Å²) in [7, 11) is 0. The molecule has 2 rings (SSSR count). The summed E-state index contributed by atoms with van der Waals surface area (Å²) >= 11 is 11.2. The molecule has 0 amide bonds. The van der Waals surface area contributed by atoms with Gasteiger partial charge in [-0.25, -0.2) is 0 Å². The van der Waals surface area contributed by atoms with E-state index in [0.29, 0.717) is 21.4 Å². The third-order valence-corrected chi connectivity index (χ3v) is 3.01. The van der Waals surface area contributed by atoms with Crippen molar-refractivity contribution in [1.29, 1.82) is 0 Å². The molecule has 0 saturated carbocycles.